The van der Waals surface area contributed by atoms with E-state index in [1.807, 2.05) is 18.2 Å². The van der Waals surface area contributed by atoms with Crippen molar-refractivity contribution in [3.05, 3.63) is 54.6 Å². The van der Waals surface area contributed by atoms with E-state index in [9.17, 15) is 4.79 Å². The van der Waals surface area contributed by atoms with Gasteiger partial charge in [-0.25, -0.2) is 0 Å². The largest absolute Gasteiger partial charge is 0.508 e. The highest BCUT2D eigenvalue weighted by Crippen LogP contribution is 2.13. The van der Waals surface area contributed by atoms with Crippen molar-refractivity contribution in [2.45, 2.75) is 0 Å². The molecule has 0 bridgehead atoms. The Morgan fingerprint density at radius 1 is 1.10 bits per heavy atom. The summed E-state index contributed by atoms with van der Waals surface area (Å²) in [6.45, 7) is -0.124. The van der Waals surface area contributed by atoms with E-state index in [4.69, 9.17) is 22.1 Å². The molecular formula is C15H14N2O3S. The molecule has 0 heterocycles. The maximum Gasteiger partial charge on any atom is 0.264 e. The van der Waals surface area contributed by atoms with Crippen LogP contribution in [0.3, 0.4) is 0 Å². The first-order valence-corrected chi connectivity index (χ1v) is 6.62. The van der Waals surface area contributed by atoms with E-state index >= 15 is 0 Å². The molecule has 2 rings (SSSR count). The molecule has 2 aromatic rings. The van der Waals surface area contributed by atoms with Gasteiger partial charge in [-0.3, -0.25) is 10.1 Å². The third-order valence-electron chi connectivity index (χ3n) is 2.49. The maximum atomic E-state index is 11.7. The van der Waals surface area contributed by atoms with E-state index in [0.717, 1.165) is 0 Å². The first-order valence-electron chi connectivity index (χ1n) is 6.21. The van der Waals surface area contributed by atoms with Crippen molar-refractivity contribution in [3.8, 4) is 11.5 Å². The van der Waals surface area contributed by atoms with Crippen molar-refractivity contribution < 1.29 is 14.6 Å². The zero-order valence-electron chi connectivity index (χ0n) is 11.1. The number of phenolic OH excluding ortho intramolecular Hbond substituents is 1. The van der Waals surface area contributed by atoms with Crippen molar-refractivity contribution in [1.29, 1.82) is 0 Å². The van der Waals surface area contributed by atoms with E-state index in [2.05, 4.69) is 10.6 Å². The third-order valence-corrected chi connectivity index (χ3v) is 2.70. The smallest absolute Gasteiger partial charge is 0.264 e. The molecule has 3 N–H and O–H groups in total. The number of benzene rings is 2. The van der Waals surface area contributed by atoms with Gasteiger partial charge in [0.05, 0.1) is 0 Å². The van der Waals surface area contributed by atoms with Gasteiger partial charge in [-0.1, -0.05) is 18.2 Å². The van der Waals surface area contributed by atoms with Crippen LogP contribution in [-0.2, 0) is 4.79 Å². The molecule has 0 saturated carbocycles. The number of hydrogen-bond acceptors (Lipinski definition) is 4. The lowest BCUT2D eigenvalue weighted by Gasteiger charge is -2.10. The first kappa shape index (κ1) is 14.8. The van der Waals surface area contributed by atoms with Crippen LogP contribution < -0.4 is 15.4 Å². The van der Waals surface area contributed by atoms with Gasteiger partial charge in [0.25, 0.3) is 5.91 Å². The summed E-state index contributed by atoms with van der Waals surface area (Å²) in [6, 6.07) is 15.4. The molecule has 2 aromatic carbocycles. The Kier molecular flexibility index (Phi) is 5.11. The molecule has 0 saturated heterocycles. The van der Waals surface area contributed by atoms with Gasteiger partial charge in [-0.15, -0.1) is 0 Å². The highest BCUT2D eigenvalue weighted by Gasteiger charge is 2.06. The summed E-state index contributed by atoms with van der Waals surface area (Å²) in [5.41, 5.74) is 0.669. The molecule has 6 heteroatoms. The standard InChI is InChI=1S/C15H14N2O3S/c18-12-8-6-11(7-9-12)16-15(21)17-14(19)10-20-13-4-2-1-3-5-13/h1-9,18H,10H2,(H2,16,17,19,21). The van der Waals surface area contributed by atoms with Gasteiger partial charge in [0.15, 0.2) is 11.7 Å². The summed E-state index contributed by atoms with van der Waals surface area (Å²) < 4.78 is 5.30. The lowest BCUT2D eigenvalue weighted by atomic mass is 10.3. The van der Waals surface area contributed by atoms with Gasteiger partial charge < -0.3 is 15.2 Å². The molecular weight excluding hydrogens is 288 g/mol. The van der Waals surface area contributed by atoms with Crippen LogP contribution in [0.15, 0.2) is 54.6 Å². The molecule has 0 spiro atoms. The Morgan fingerprint density at radius 3 is 2.43 bits per heavy atom. The van der Waals surface area contributed by atoms with E-state index < -0.39 is 0 Å². The average Bonchev–Trinajstić information content (AvgIpc) is 2.48. The highest BCUT2D eigenvalue weighted by atomic mass is 32.1. The minimum absolute atomic E-state index is 0.124. The number of carbonyl (C=O) groups is 1. The molecule has 0 aliphatic rings. The van der Waals surface area contributed by atoms with Crippen LogP contribution in [0.4, 0.5) is 5.69 Å². The predicted octanol–water partition coefficient (Wildman–Crippen LogP) is 2.28. The van der Waals surface area contributed by atoms with Crippen LogP contribution in [0.25, 0.3) is 0 Å². The fourth-order valence-corrected chi connectivity index (χ4v) is 1.77. The van der Waals surface area contributed by atoms with Crippen LogP contribution in [0.1, 0.15) is 0 Å². The monoisotopic (exact) mass is 302 g/mol. The Morgan fingerprint density at radius 2 is 1.76 bits per heavy atom. The molecule has 0 aromatic heterocycles. The van der Waals surface area contributed by atoms with Crippen molar-refractivity contribution in [2.24, 2.45) is 0 Å². The fraction of sp³-hybridized carbons (Fsp3) is 0.0667. The Labute approximate surface area is 127 Å². The number of phenols is 1. The topological polar surface area (TPSA) is 70.6 Å². The third kappa shape index (κ3) is 5.12. The minimum atomic E-state index is -0.352. The van der Waals surface area contributed by atoms with Crippen LogP contribution in [0.2, 0.25) is 0 Å². The van der Waals surface area contributed by atoms with E-state index in [1.54, 1.807) is 24.3 Å². The molecule has 21 heavy (non-hydrogen) atoms. The van der Waals surface area contributed by atoms with Gasteiger partial charge in [0, 0.05) is 5.69 Å². The average molecular weight is 302 g/mol. The summed E-state index contributed by atoms with van der Waals surface area (Å²) >= 11 is 5.01. The summed E-state index contributed by atoms with van der Waals surface area (Å²) in [6.07, 6.45) is 0. The van der Waals surface area contributed by atoms with Gasteiger partial charge >= 0.3 is 0 Å². The lowest BCUT2D eigenvalue weighted by Crippen LogP contribution is -2.37. The van der Waals surface area contributed by atoms with E-state index in [1.165, 1.54) is 12.1 Å². The number of anilines is 1. The van der Waals surface area contributed by atoms with Crippen molar-refractivity contribution in [2.75, 3.05) is 11.9 Å². The van der Waals surface area contributed by atoms with Crippen LogP contribution in [0, 0.1) is 0 Å². The normalized spacial score (nSPS) is 9.71. The number of amides is 1. The molecule has 0 fully saturated rings. The van der Waals surface area contributed by atoms with Crippen LogP contribution >= 0.6 is 12.2 Å². The van der Waals surface area contributed by atoms with Crippen molar-refractivity contribution in [1.82, 2.24) is 5.32 Å². The molecule has 0 atom stereocenters. The number of hydrogen-bond donors (Lipinski definition) is 3. The van der Waals surface area contributed by atoms with Gasteiger partial charge in [0.1, 0.15) is 11.5 Å². The second kappa shape index (κ2) is 7.25. The van der Waals surface area contributed by atoms with E-state index in [0.29, 0.717) is 11.4 Å². The summed E-state index contributed by atoms with van der Waals surface area (Å²) in [7, 11) is 0. The molecule has 108 valence electrons. The molecule has 0 unspecified atom stereocenters. The Balaban J connectivity index is 1.77. The zero-order chi connectivity index (χ0) is 15.1. The Bertz CT molecular complexity index is 615. The number of aromatic hydroxyl groups is 1. The lowest BCUT2D eigenvalue weighted by molar-refractivity contribution is -0.121. The predicted molar refractivity (Wildman–Crippen MR) is 84.4 cm³/mol. The summed E-state index contributed by atoms with van der Waals surface area (Å²) in [4.78, 5) is 11.7. The Hall–Kier alpha value is -2.60. The second-order valence-electron chi connectivity index (χ2n) is 4.15. The molecule has 1 amide bonds. The molecule has 0 aliphatic carbocycles. The second-order valence-corrected chi connectivity index (χ2v) is 4.56. The van der Waals surface area contributed by atoms with E-state index in [-0.39, 0.29) is 23.4 Å². The van der Waals surface area contributed by atoms with Gasteiger partial charge in [-0.05, 0) is 48.6 Å². The maximum absolute atomic E-state index is 11.7. The van der Waals surface area contributed by atoms with Crippen molar-refractivity contribution >= 4 is 28.9 Å². The van der Waals surface area contributed by atoms with Gasteiger partial charge in [0.2, 0.25) is 0 Å². The van der Waals surface area contributed by atoms with Gasteiger partial charge in [-0.2, -0.15) is 0 Å². The number of thiocarbonyl (C=S) groups is 1. The number of rotatable bonds is 4. The SMILES string of the molecule is O=C(COc1ccccc1)NC(=S)Nc1ccc(O)cc1. The van der Waals surface area contributed by atoms with Crippen LogP contribution in [0.5, 0.6) is 11.5 Å². The quantitative estimate of drug-likeness (QED) is 0.597. The van der Waals surface area contributed by atoms with Crippen LogP contribution in [-0.4, -0.2) is 22.7 Å². The number of para-hydroxylation sites is 1. The number of ether oxygens (including phenoxy) is 1. The molecule has 5 nitrogen and oxygen atoms in total. The highest BCUT2D eigenvalue weighted by molar-refractivity contribution is 7.80. The fourth-order valence-electron chi connectivity index (χ4n) is 1.54. The molecule has 0 aliphatic heterocycles. The first-order chi connectivity index (χ1) is 10.1. The number of nitrogens with one attached hydrogen (secondary N) is 2. The summed E-state index contributed by atoms with van der Waals surface area (Å²) in [5, 5.41) is 14.7. The van der Waals surface area contributed by atoms with Crippen molar-refractivity contribution in [3.63, 3.8) is 0 Å². The summed E-state index contributed by atoms with van der Waals surface area (Å²) in [5.74, 6) is 0.423. The minimum Gasteiger partial charge on any atom is -0.508 e. The number of carbonyl (C=O) groups excluding carboxylic acids is 1. The molecule has 0 radical (unpaired) electrons. The zero-order valence-corrected chi connectivity index (χ0v) is 11.9.